The number of thiophene rings is 1. The monoisotopic (exact) mass is 557 g/mol. The standard InChI is InChI=1S/C33H35NO5S/c1-31(2,3)23-22-17(26(36)28(38)29(39)27(22)37)12-18(25(23)35)24-30-15(8-11-34-24)16-13-19-20(14-21(16)40-30)33(6,7)10-9-32(19,4)5/h8,11-14,35-39H,9-10H2,1-7H3. The molecule has 0 fully saturated rings. The molecular weight excluding hydrogens is 522 g/mol. The molecule has 6 rings (SSSR count). The van der Waals surface area contributed by atoms with Crippen LogP contribution in [-0.2, 0) is 16.2 Å². The lowest BCUT2D eigenvalue weighted by Gasteiger charge is -2.41. The highest BCUT2D eigenvalue weighted by atomic mass is 32.1. The van der Waals surface area contributed by atoms with Crippen LogP contribution in [0.5, 0.6) is 28.7 Å². The minimum absolute atomic E-state index is 0.0640. The Morgan fingerprint density at radius 1 is 0.725 bits per heavy atom. The first kappa shape index (κ1) is 26.5. The maximum atomic E-state index is 11.7. The number of nitrogens with zero attached hydrogens (tertiary/aromatic N) is 1. The van der Waals surface area contributed by atoms with E-state index >= 15 is 0 Å². The Bertz CT molecular complexity index is 1890. The Morgan fingerprint density at radius 2 is 1.32 bits per heavy atom. The number of hydrogen-bond donors (Lipinski definition) is 5. The number of phenols is 5. The van der Waals surface area contributed by atoms with E-state index in [-0.39, 0.29) is 27.4 Å². The minimum atomic E-state index is -0.831. The summed E-state index contributed by atoms with van der Waals surface area (Å²) in [6, 6.07) is 8.18. The number of phenolic OH excluding ortho intramolecular Hbond substituents is 5. The zero-order valence-electron chi connectivity index (χ0n) is 23.9. The molecule has 0 saturated carbocycles. The van der Waals surface area contributed by atoms with Gasteiger partial charge in [0.25, 0.3) is 0 Å². The Kier molecular flexibility index (Phi) is 5.41. The number of rotatable bonds is 1. The van der Waals surface area contributed by atoms with Crippen LogP contribution < -0.4 is 0 Å². The summed E-state index contributed by atoms with van der Waals surface area (Å²) >= 11 is 1.62. The molecule has 0 radical (unpaired) electrons. The zero-order valence-corrected chi connectivity index (χ0v) is 24.7. The van der Waals surface area contributed by atoms with E-state index in [4.69, 9.17) is 4.98 Å². The van der Waals surface area contributed by atoms with Crippen molar-refractivity contribution in [3.63, 3.8) is 0 Å². The molecule has 40 heavy (non-hydrogen) atoms. The third-order valence-electron chi connectivity index (χ3n) is 8.83. The van der Waals surface area contributed by atoms with Gasteiger partial charge in [0.15, 0.2) is 11.5 Å². The third-order valence-corrected chi connectivity index (χ3v) is 10.0. The summed E-state index contributed by atoms with van der Waals surface area (Å²) in [4.78, 5) is 4.70. The van der Waals surface area contributed by atoms with Crippen molar-refractivity contribution in [3.05, 3.63) is 47.2 Å². The van der Waals surface area contributed by atoms with Gasteiger partial charge in [-0.15, -0.1) is 11.3 Å². The van der Waals surface area contributed by atoms with Crippen LogP contribution >= 0.6 is 11.3 Å². The average molecular weight is 558 g/mol. The van der Waals surface area contributed by atoms with Crippen LogP contribution in [0.3, 0.4) is 0 Å². The predicted octanol–water partition coefficient (Wildman–Crippen LogP) is 8.44. The molecule has 7 heteroatoms. The van der Waals surface area contributed by atoms with Gasteiger partial charge in [0.05, 0.1) is 10.4 Å². The van der Waals surface area contributed by atoms with Gasteiger partial charge in [-0.25, -0.2) is 0 Å². The van der Waals surface area contributed by atoms with Crippen LogP contribution in [0.25, 0.3) is 42.2 Å². The predicted molar refractivity (Wildman–Crippen MR) is 162 cm³/mol. The van der Waals surface area contributed by atoms with Gasteiger partial charge in [0.2, 0.25) is 11.5 Å². The summed E-state index contributed by atoms with van der Waals surface area (Å²) in [5, 5.41) is 56.4. The normalized spacial score (nSPS) is 16.6. The van der Waals surface area contributed by atoms with E-state index in [9.17, 15) is 25.5 Å². The Balaban J connectivity index is 1.72. The number of benzene rings is 3. The zero-order chi connectivity index (χ0) is 29.1. The van der Waals surface area contributed by atoms with Crippen LogP contribution in [0.15, 0.2) is 30.5 Å². The Morgan fingerprint density at radius 3 is 1.95 bits per heavy atom. The maximum Gasteiger partial charge on any atom is 0.204 e. The molecule has 2 heterocycles. The summed E-state index contributed by atoms with van der Waals surface area (Å²) in [5.74, 6) is -2.91. The van der Waals surface area contributed by atoms with E-state index in [0.29, 0.717) is 16.8 Å². The van der Waals surface area contributed by atoms with Gasteiger partial charge < -0.3 is 25.5 Å². The van der Waals surface area contributed by atoms with Crippen LogP contribution in [-0.4, -0.2) is 30.5 Å². The second-order valence-corrected chi connectivity index (χ2v) is 14.6. The van der Waals surface area contributed by atoms with Gasteiger partial charge in [-0.1, -0.05) is 48.5 Å². The third kappa shape index (κ3) is 3.56. The number of fused-ring (bicyclic) bond motifs is 5. The molecule has 2 aromatic heterocycles. The van der Waals surface area contributed by atoms with Crippen molar-refractivity contribution < 1.29 is 25.5 Å². The lowest BCUT2D eigenvalue weighted by Crippen LogP contribution is -2.33. The summed E-state index contributed by atoms with van der Waals surface area (Å²) in [6.45, 7) is 14.8. The molecule has 6 nitrogen and oxygen atoms in total. The number of pyridine rings is 1. The lowest BCUT2D eigenvalue weighted by molar-refractivity contribution is 0.332. The SMILES string of the molecule is CC(C)(C)c1c(O)c(-c2nccc3c2sc2cc4c(cc23)C(C)(C)CCC4(C)C)cc2c(O)c(O)c(O)c(O)c12. The highest BCUT2D eigenvalue weighted by Crippen LogP contribution is 2.56. The molecule has 0 aliphatic heterocycles. The van der Waals surface area contributed by atoms with Gasteiger partial charge in [-0.05, 0) is 64.5 Å². The van der Waals surface area contributed by atoms with E-state index in [1.54, 1.807) is 17.5 Å². The fourth-order valence-corrected chi connectivity index (χ4v) is 7.66. The van der Waals surface area contributed by atoms with E-state index in [1.165, 1.54) is 17.2 Å². The molecular formula is C33H35NO5S. The summed E-state index contributed by atoms with van der Waals surface area (Å²) < 4.78 is 2.05. The Hall–Kier alpha value is -3.71. The minimum Gasteiger partial charge on any atom is -0.507 e. The average Bonchev–Trinajstić information content (AvgIpc) is 3.25. The maximum absolute atomic E-state index is 11.7. The second kappa shape index (κ2) is 8.16. The van der Waals surface area contributed by atoms with Crippen molar-refractivity contribution in [1.29, 1.82) is 0 Å². The van der Waals surface area contributed by atoms with Crippen molar-refractivity contribution in [2.45, 2.75) is 77.6 Å². The fourth-order valence-electron chi connectivity index (χ4n) is 6.44. The van der Waals surface area contributed by atoms with Crippen molar-refractivity contribution in [1.82, 2.24) is 4.98 Å². The van der Waals surface area contributed by atoms with E-state index < -0.39 is 28.4 Å². The Labute approximate surface area is 237 Å². The molecule has 3 aromatic carbocycles. The highest BCUT2D eigenvalue weighted by molar-refractivity contribution is 7.26. The highest BCUT2D eigenvalue weighted by Gasteiger charge is 2.38. The van der Waals surface area contributed by atoms with Crippen molar-refractivity contribution in [2.75, 3.05) is 0 Å². The quantitative estimate of drug-likeness (QED) is 0.104. The van der Waals surface area contributed by atoms with Crippen LogP contribution in [0.4, 0.5) is 0 Å². The topological polar surface area (TPSA) is 114 Å². The largest absolute Gasteiger partial charge is 0.507 e. The smallest absolute Gasteiger partial charge is 0.204 e. The fraction of sp³-hybridized carbons (Fsp3) is 0.364. The summed E-state index contributed by atoms with van der Waals surface area (Å²) in [6.07, 6.45) is 3.96. The number of hydrogen-bond acceptors (Lipinski definition) is 7. The van der Waals surface area contributed by atoms with Gasteiger partial charge >= 0.3 is 0 Å². The molecule has 0 unspecified atom stereocenters. The first-order valence-electron chi connectivity index (χ1n) is 13.6. The molecule has 5 N–H and O–H groups in total. The number of aromatic nitrogens is 1. The number of aromatic hydroxyl groups is 5. The van der Waals surface area contributed by atoms with Crippen LogP contribution in [0, 0.1) is 0 Å². The van der Waals surface area contributed by atoms with Crippen molar-refractivity contribution in [3.8, 4) is 40.0 Å². The van der Waals surface area contributed by atoms with Crippen LogP contribution in [0.1, 0.15) is 78.0 Å². The molecule has 1 aliphatic rings. The molecule has 0 atom stereocenters. The molecule has 1 aliphatic carbocycles. The molecule has 5 aromatic rings. The molecule has 0 amide bonds. The van der Waals surface area contributed by atoms with E-state index in [0.717, 1.165) is 33.0 Å². The van der Waals surface area contributed by atoms with Gasteiger partial charge in [0.1, 0.15) is 5.75 Å². The van der Waals surface area contributed by atoms with E-state index in [2.05, 4.69) is 39.8 Å². The first-order valence-corrected chi connectivity index (χ1v) is 14.4. The molecule has 208 valence electrons. The summed E-state index contributed by atoms with van der Waals surface area (Å²) in [5.41, 5.74) is 3.44. The molecule has 0 spiro atoms. The van der Waals surface area contributed by atoms with Gasteiger partial charge in [0, 0.05) is 43.6 Å². The first-order chi connectivity index (χ1) is 18.5. The molecule has 0 bridgehead atoms. The lowest BCUT2D eigenvalue weighted by atomic mass is 9.63. The van der Waals surface area contributed by atoms with Crippen molar-refractivity contribution >= 4 is 42.3 Å². The van der Waals surface area contributed by atoms with Gasteiger partial charge in [-0.2, -0.15) is 0 Å². The second-order valence-electron chi connectivity index (χ2n) is 13.5. The van der Waals surface area contributed by atoms with Crippen molar-refractivity contribution in [2.24, 2.45) is 0 Å². The van der Waals surface area contributed by atoms with Crippen LogP contribution in [0.2, 0.25) is 0 Å². The molecule has 0 saturated heterocycles. The van der Waals surface area contributed by atoms with E-state index in [1.807, 2.05) is 26.8 Å². The summed E-state index contributed by atoms with van der Waals surface area (Å²) in [7, 11) is 0. The van der Waals surface area contributed by atoms with Gasteiger partial charge in [-0.3, -0.25) is 4.98 Å².